The van der Waals surface area contributed by atoms with E-state index in [0.717, 1.165) is 32.1 Å². The van der Waals surface area contributed by atoms with Crippen LogP contribution < -0.4 is 5.32 Å². The van der Waals surface area contributed by atoms with E-state index in [-0.39, 0.29) is 5.91 Å². The van der Waals surface area contributed by atoms with Crippen molar-refractivity contribution in [3.63, 3.8) is 0 Å². The Morgan fingerprint density at radius 1 is 0.931 bits per heavy atom. The topological polar surface area (TPSA) is 116 Å². The Hall–Kier alpha value is -0.720. The number of unbranched alkanes of at least 4 members (excludes halogenated alkanes) is 11. The summed E-state index contributed by atoms with van der Waals surface area (Å²) in [6.07, 6.45) is 20.4. The zero-order valence-electron chi connectivity index (χ0n) is 18.1. The van der Waals surface area contributed by atoms with Crippen LogP contribution in [0, 0.1) is 0 Å². The Labute approximate surface area is 176 Å². The van der Waals surface area contributed by atoms with Crippen molar-refractivity contribution < 1.29 is 28.8 Å². The summed E-state index contributed by atoms with van der Waals surface area (Å²) in [5.74, 6) is -0.240. The number of aliphatic hydroxyl groups is 1. The van der Waals surface area contributed by atoms with Crippen LogP contribution in [0.3, 0.4) is 0 Å². The largest absolute Gasteiger partial charge is 0.469 e. The maximum atomic E-state index is 11.8. The normalized spacial score (nSPS) is 13.1. The Kier molecular flexibility index (Phi) is 18.8. The molecule has 7 nitrogen and oxygen atoms in total. The van der Waals surface area contributed by atoms with E-state index in [2.05, 4.69) is 28.9 Å². The molecule has 8 heteroatoms. The van der Waals surface area contributed by atoms with Gasteiger partial charge in [-0.25, -0.2) is 4.57 Å². The van der Waals surface area contributed by atoms with Gasteiger partial charge in [0, 0.05) is 6.42 Å². The maximum Gasteiger partial charge on any atom is 0.469 e. The lowest BCUT2D eigenvalue weighted by atomic mass is 10.1. The minimum Gasteiger partial charge on any atom is -0.394 e. The van der Waals surface area contributed by atoms with Gasteiger partial charge in [-0.1, -0.05) is 70.4 Å². The van der Waals surface area contributed by atoms with Gasteiger partial charge in [0.2, 0.25) is 5.91 Å². The average molecular weight is 436 g/mol. The molecular weight excluding hydrogens is 393 g/mol. The van der Waals surface area contributed by atoms with Gasteiger partial charge in [-0.3, -0.25) is 9.32 Å². The highest BCUT2D eigenvalue weighted by Gasteiger charge is 2.19. The van der Waals surface area contributed by atoms with Crippen molar-refractivity contribution in [2.45, 2.75) is 103 Å². The fraction of sp³-hybridized carbons (Fsp3) is 0.857. The number of rotatable bonds is 20. The van der Waals surface area contributed by atoms with Crippen LogP contribution in [0.5, 0.6) is 0 Å². The Morgan fingerprint density at radius 2 is 1.45 bits per heavy atom. The molecule has 172 valence electrons. The third kappa shape index (κ3) is 21.8. The Morgan fingerprint density at radius 3 is 1.97 bits per heavy atom. The molecule has 0 aromatic rings. The van der Waals surface area contributed by atoms with Gasteiger partial charge < -0.3 is 20.2 Å². The first-order valence-corrected chi connectivity index (χ1v) is 12.7. The molecule has 29 heavy (non-hydrogen) atoms. The fourth-order valence-corrected chi connectivity index (χ4v) is 3.36. The number of aliphatic hydroxyl groups excluding tert-OH is 1. The van der Waals surface area contributed by atoms with E-state index in [0.29, 0.717) is 6.42 Å². The third-order valence-corrected chi connectivity index (χ3v) is 5.18. The van der Waals surface area contributed by atoms with Gasteiger partial charge in [0.05, 0.1) is 19.3 Å². The molecule has 0 aliphatic carbocycles. The molecule has 0 aliphatic rings. The molecule has 4 N–H and O–H groups in total. The molecule has 0 unspecified atom stereocenters. The molecule has 0 rings (SSSR count). The molecule has 0 saturated heterocycles. The van der Waals surface area contributed by atoms with E-state index >= 15 is 0 Å². The van der Waals surface area contributed by atoms with Gasteiger partial charge in [0.1, 0.15) is 0 Å². The maximum absolute atomic E-state index is 11.8. The Bertz CT molecular complexity index is 466. The van der Waals surface area contributed by atoms with Gasteiger partial charge in [-0.2, -0.15) is 0 Å². The van der Waals surface area contributed by atoms with Gasteiger partial charge in [-0.15, -0.1) is 0 Å². The van der Waals surface area contributed by atoms with Crippen molar-refractivity contribution >= 4 is 13.7 Å². The van der Waals surface area contributed by atoms with Crippen LogP contribution in [0.15, 0.2) is 12.2 Å². The molecule has 0 saturated carbocycles. The van der Waals surface area contributed by atoms with Crippen molar-refractivity contribution in [1.29, 1.82) is 0 Å². The van der Waals surface area contributed by atoms with Crippen LogP contribution in [-0.2, 0) is 13.9 Å². The first-order valence-electron chi connectivity index (χ1n) is 11.1. The lowest BCUT2D eigenvalue weighted by Crippen LogP contribution is -2.40. The first-order chi connectivity index (χ1) is 13.9. The lowest BCUT2D eigenvalue weighted by Gasteiger charge is -2.16. The van der Waals surface area contributed by atoms with Crippen LogP contribution in [0.2, 0.25) is 0 Å². The number of carbonyl (C=O) groups is 1. The van der Waals surface area contributed by atoms with E-state index in [4.69, 9.17) is 14.9 Å². The van der Waals surface area contributed by atoms with Gasteiger partial charge in [-0.05, 0) is 32.1 Å². The molecule has 0 bridgehead atoms. The van der Waals surface area contributed by atoms with Crippen molar-refractivity contribution in [1.82, 2.24) is 5.32 Å². The standard InChI is InChI=1S/C21H42NO6P/c1-2-3-4-5-6-7-8-9-10-11-12-13-14-15-16-17-21(24)22-20(18-23)19-28-29(25,26)27/h9-10,20,23H,2-8,11-19H2,1H3,(H,22,24)(H2,25,26,27)/b10-9-/t20-/m1/s1. The van der Waals surface area contributed by atoms with Crippen LogP contribution in [0.1, 0.15) is 96.8 Å². The second-order valence-electron chi connectivity index (χ2n) is 7.57. The molecule has 1 atom stereocenters. The Balaban J connectivity index is 3.49. The molecule has 0 spiro atoms. The summed E-state index contributed by atoms with van der Waals surface area (Å²) in [5, 5.41) is 11.6. The number of carbonyl (C=O) groups excluding carboxylic acids is 1. The van der Waals surface area contributed by atoms with Gasteiger partial charge >= 0.3 is 7.82 Å². The smallest absolute Gasteiger partial charge is 0.394 e. The SMILES string of the molecule is CCCCCCCC/C=C\CCCCCCCC(=O)N[C@H](CO)COP(=O)(O)O. The van der Waals surface area contributed by atoms with E-state index < -0.39 is 27.1 Å². The van der Waals surface area contributed by atoms with Crippen molar-refractivity contribution in [2.75, 3.05) is 13.2 Å². The van der Waals surface area contributed by atoms with Crippen LogP contribution in [0.25, 0.3) is 0 Å². The monoisotopic (exact) mass is 435 g/mol. The minimum atomic E-state index is -4.60. The van der Waals surface area contributed by atoms with Crippen molar-refractivity contribution in [2.24, 2.45) is 0 Å². The zero-order chi connectivity index (χ0) is 21.8. The van der Waals surface area contributed by atoms with E-state index in [1.807, 2.05) is 0 Å². The highest BCUT2D eigenvalue weighted by molar-refractivity contribution is 7.46. The summed E-state index contributed by atoms with van der Waals surface area (Å²) >= 11 is 0. The predicted octanol–water partition coefficient (Wildman–Crippen LogP) is 4.61. The number of amides is 1. The first kappa shape index (κ1) is 28.3. The predicted molar refractivity (Wildman–Crippen MR) is 116 cm³/mol. The zero-order valence-corrected chi connectivity index (χ0v) is 19.0. The van der Waals surface area contributed by atoms with Gasteiger partial charge in [0.15, 0.2) is 0 Å². The lowest BCUT2D eigenvalue weighted by molar-refractivity contribution is -0.122. The number of phosphoric ester groups is 1. The van der Waals surface area contributed by atoms with Crippen LogP contribution in [-0.4, -0.2) is 40.1 Å². The van der Waals surface area contributed by atoms with E-state index in [9.17, 15) is 9.36 Å². The third-order valence-electron chi connectivity index (χ3n) is 4.70. The number of allylic oxidation sites excluding steroid dienone is 2. The minimum absolute atomic E-state index is 0.240. The number of hydrogen-bond donors (Lipinski definition) is 4. The van der Waals surface area contributed by atoms with Crippen molar-refractivity contribution in [3.05, 3.63) is 12.2 Å². The number of hydrogen-bond acceptors (Lipinski definition) is 4. The number of phosphoric acid groups is 1. The summed E-state index contributed by atoms with van der Waals surface area (Å²) in [5.41, 5.74) is 0. The van der Waals surface area contributed by atoms with E-state index in [1.54, 1.807) is 0 Å². The fourth-order valence-electron chi connectivity index (χ4n) is 2.98. The molecule has 0 aromatic heterocycles. The highest BCUT2D eigenvalue weighted by Crippen LogP contribution is 2.35. The molecule has 0 heterocycles. The molecule has 0 aromatic carbocycles. The molecule has 1 amide bonds. The van der Waals surface area contributed by atoms with Crippen LogP contribution in [0.4, 0.5) is 0 Å². The molecule has 0 aliphatic heterocycles. The highest BCUT2D eigenvalue weighted by atomic mass is 31.2. The van der Waals surface area contributed by atoms with Crippen molar-refractivity contribution in [3.8, 4) is 0 Å². The summed E-state index contributed by atoms with van der Waals surface area (Å²) < 4.78 is 14.9. The summed E-state index contributed by atoms with van der Waals surface area (Å²) in [7, 11) is -4.60. The second kappa shape index (κ2) is 19.3. The summed E-state index contributed by atoms with van der Waals surface area (Å²) in [6.45, 7) is 1.39. The second-order valence-corrected chi connectivity index (χ2v) is 8.81. The summed E-state index contributed by atoms with van der Waals surface area (Å²) in [4.78, 5) is 29.1. The average Bonchev–Trinajstić information content (AvgIpc) is 2.67. The van der Waals surface area contributed by atoms with Gasteiger partial charge in [0.25, 0.3) is 0 Å². The molecular formula is C21H42NO6P. The quantitative estimate of drug-likeness (QED) is 0.126. The number of nitrogens with one attached hydrogen (secondary N) is 1. The summed E-state index contributed by atoms with van der Waals surface area (Å²) in [6, 6.07) is -0.807. The van der Waals surface area contributed by atoms with E-state index in [1.165, 1.54) is 51.4 Å². The molecule has 0 radical (unpaired) electrons. The molecule has 0 fully saturated rings. The van der Waals surface area contributed by atoms with Crippen LogP contribution >= 0.6 is 7.82 Å².